The summed E-state index contributed by atoms with van der Waals surface area (Å²) in [5, 5.41) is 83.7. The third kappa shape index (κ3) is 4.63. The number of benzene rings is 9. The molecule has 9 aromatic rings. The van der Waals surface area contributed by atoms with Crippen molar-refractivity contribution in [1.82, 2.24) is 0 Å². The predicted octanol–water partition coefficient (Wildman–Crippen LogP) is 9.70. The first kappa shape index (κ1) is 32.6. The molecule has 0 unspecified atom stereocenters. The zero-order chi connectivity index (χ0) is 37.4. The molecule has 0 heterocycles. The molecule has 0 aliphatic carbocycles. The van der Waals surface area contributed by atoms with Crippen molar-refractivity contribution in [3.8, 4) is 84.8 Å². The number of hydrogen-bond donors (Lipinski definition) is 7. The largest absolute Gasteiger partial charge is 0.508 e. The summed E-state index contributed by atoms with van der Waals surface area (Å²) >= 11 is 0. The summed E-state index contributed by atoms with van der Waals surface area (Å²) in [4.78, 5) is 0. The topological polar surface area (TPSA) is 142 Å². The smallest absolute Gasteiger partial charge is 0.204 e. The van der Waals surface area contributed by atoms with E-state index < -0.39 is 45.7 Å². The van der Waals surface area contributed by atoms with E-state index in [-0.39, 0.29) is 32.7 Å². The van der Waals surface area contributed by atoms with Crippen LogP contribution in [0.2, 0.25) is 0 Å². The van der Waals surface area contributed by atoms with Crippen LogP contribution in [-0.4, -0.2) is 43.6 Å². The molecule has 0 amide bonds. The SMILES string of the molecule is [B]c1c(O)c(O)c2c(-c3ccc(-c4ccccc4)c4ccccc34)c3c(O)c(O)c(O)c(O)c3c(-c3cccc(-c4cccc5ccccc45)c3)c2c1O. The van der Waals surface area contributed by atoms with Crippen molar-refractivity contribution >= 4 is 56.4 Å². The van der Waals surface area contributed by atoms with Crippen LogP contribution in [0.3, 0.4) is 0 Å². The van der Waals surface area contributed by atoms with E-state index in [4.69, 9.17) is 7.85 Å². The van der Waals surface area contributed by atoms with E-state index in [1.807, 2.05) is 115 Å². The number of hydrogen-bond acceptors (Lipinski definition) is 7. The summed E-state index contributed by atoms with van der Waals surface area (Å²) in [5.74, 6) is -5.68. The highest BCUT2D eigenvalue weighted by Crippen LogP contribution is 2.60. The van der Waals surface area contributed by atoms with Crippen molar-refractivity contribution in [1.29, 1.82) is 0 Å². The molecule has 8 heteroatoms. The van der Waals surface area contributed by atoms with Gasteiger partial charge in [-0.25, -0.2) is 0 Å². The van der Waals surface area contributed by atoms with Gasteiger partial charge in [-0.15, -0.1) is 0 Å². The van der Waals surface area contributed by atoms with Gasteiger partial charge >= 0.3 is 0 Å². The van der Waals surface area contributed by atoms with Crippen molar-refractivity contribution < 1.29 is 35.7 Å². The van der Waals surface area contributed by atoms with Crippen molar-refractivity contribution in [3.63, 3.8) is 0 Å². The van der Waals surface area contributed by atoms with Crippen LogP contribution in [0.1, 0.15) is 0 Å². The Balaban J connectivity index is 1.49. The van der Waals surface area contributed by atoms with Gasteiger partial charge in [0.25, 0.3) is 0 Å². The number of phenols is 7. The highest BCUT2D eigenvalue weighted by molar-refractivity contribution is 6.41. The number of phenolic OH excluding ortho intramolecular Hbond substituents is 7. The maximum absolute atomic E-state index is 11.9. The van der Waals surface area contributed by atoms with Crippen LogP contribution in [-0.2, 0) is 0 Å². The fourth-order valence-corrected chi connectivity index (χ4v) is 7.92. The van der Waals surface area contributed by atoms with Crippen LogP contribution in [0.4, 0.5) is 0 Å². The van der Waals surface area contributed by atoms with Crippen LogP contribution in [0.5, 0.6) is 40.2 Å². The van der Waals surface area contributed by atoms with E-state index in [1.54, 1.807) is 18.2 Å². The van der Waals surface area contributed by atoms with Crippen LogP contribution in [0, 0.1) is 0 Å². The van der Waals surface area contributed by atoms with Crippen molar-refractivity contribution in [2.75, 3.05) is 0 Å². The Hall–Kier alpha value is -7.32. The fraction of sp³-hybridized carbons (Fsp3) is 0. The molecule has 0 spiro atoms. The molecule has 0 saturated heterocycles. The van der Waals surface area contributed by atoms with Gasteiger partial charge in [-0.1, -0.05) is 127 Å². The van der Waals surface area contributed by atoms with Gasteiger partial charge in [-0.2, -0.15) is 0 Å². The van der Waals surface area contributed by atoms with Gasteiger partial charge in [-0.05, 0) is 66.5 Å². The summed E-state index contributed by atoms with van der Waals surface area (Å²) in [6.07, 6.45) is 0. The first-order chi connectivity index (χ1) is 26.2. The highest BCUT2D eigenvalue weighted by atomic mass is 16.3. The minimum Gasteiger partial charge on any atom is -0.508 e. The molecule has 9 rings (SSSR count). The second kappa shape index (κ2) is 12.1. The van der Waals surface area contributed by atoms with Gasteiger partial charge < -0.3 is 35.7 Å². The summed E-state index contributed by atoms with van der Waals surface area (Å²) in [7, 11) is 6.25. The number of rotatable bonds is 4. The molecular weight excluding hydrogens is 675 g/mol. The van der Waals surface area contributed by atoms with Gasteiger partial charge in [-0.3, -0.25) is 0 Å². The summed E-state index contributed by atoms with van der Waals surface area (Å²) < 4.78 is 0. The molecule has 0 atom stereocenters. The first-order valence-electron chi connectivity index (χ1n) is 17.1. The molecule has 0 bridgehead atoms. The zero-order valence-corrected chi connectivity index (χ0v) is 28.4. The standard InChI is InChI=1S/C46H29BO7/c47-39-40(48)35-33(26-15-8-14-25(22-26)28-19-9-13-24-12-4-5-16-27(24)28)36-38(43(51)46(54)45(53)42(36)50)34(37(35)41(49)44(39)52)32-21-20-29(23-10-2-1-3-11-23)30-17-6-7-18-31(30)32/h1-22,48-54H. The molecular formula is C46H29BO7. The number of fused-ring (bicyclic) bond motifs is 4. The van der Waals surface area contributed by atoms with Gasteiger partial charge in [0.1, 0.15) is 13.6 Å². The Kier molecular flexibility index (Phi) is 7.32. The fourth-order valence-electron chi connectivity index (χ4n) is 7.92. The van der Waals surface area contributed by atoms with E-state index in [0.29, 0.717) is 16.5 Å². The average molecular weight is 705 g/mol. The van der Waals surface area contributed by atoms with Crippen LogP contribution in [0.25, 0.3) is 87.6 Å². The molecule has 54 heavy (non-hydrogen) atoms. The van der Waals surface area contributed by atoms with Gasteiger partial charge in [0.2, 0.25) is 11.5 Å². The van der Waals surface area contributed by atoms with Crippen molar-refractivity contribution in [3.05, 3.63) is 133 Å². The Morgan fingerprint density at radius 2 is 0.778 bits per heavy atom. The Labute approximate surface area is 309 Å². The molecule has 7 N–H and O–H groups in total. The van der Waals surface area contributed by atoms with Gasteiger partial charge in [0.15, 0.2) is 23.0 Å². The molecule has 0 saturated carbocycles. The van der Waals surface area contributed by atoms with Crippen LogP contribution < -0.4 is 5.46 Å². The van der Waals surface area contributed by atoms with E-state index in [2.05, 4.69) is 0 Å². The van der Waals surface area contributed by atoms with E-state index in [1.165, 1.54) is 0 Å². The van der Waals surface area contributed by atoms with E-state index >= 15 is 0 Å². The van der Waals surface area contributed by atoms with E-state index in [9.17, 15) is 35.7 Å². The Morgan fingerprint density at radius 3 is 1.48 bits per heavy atom. The minimum atomic E-state index is -0.996. The Bertz CT molecular complexity index is 2940. The molecule has 258 valence electrons. The monoisotopic (exact) mass is 704 g/mol. The maximum atomic E-state index is 11.9. The summed E-state index contributed by atoms with van der Waals surface area (Å²) in [6.45, 7) is 0. The minimum absolute atomic E-state index is 0.0518. The highest BCUT2D eigenvalue weighted by Gasteiger charge is 2.32. The lowest BCUT2D eigenvalue weighted by Crippen LogP contribution is -2.06. The summed E-state index contributed by atoms with van der Waals surface area (Å²) in [5.41, 5.74) is 3.88. The quantitative estimate of drug-likeness (QED) is 0.0419. The molecule has 7 nitrogen and oxygen atoms in total. The predicted molar refractivity (Wildman–Crippen MR) is 215 cm³/mol. The third-order valence-corrected chi connectivity index (χ3v) is 10.4. The van der Waals surface area contributed by atoms with Crippen LogP contribution in [0.15, 0.2) is 133 Å². The van der Waals surface area contributed by atoms with Crippen LogP contribution >= 0.6 is 0 Å². The molecule has 0 aliphatic rings. The van der Waals surface area contributed by atoms with Crippen molar-refractivity contribution in [2.24, 2.45) is 0 Å². The molecule has 0 aliphatic heterocycles. The average Bonchev–Trinajstić information content (AvgIpc) is 3.22. The normalized spacial score (nSPS) is 11.6. The molecule has 0 aromatic heterocycles. The van der Waals surface area contributed by atoms with E-state index in [0.717, 1.165) is 38.4 Å². The maximum Gasteiger partial charge on any atom is 0.204 e. The van der Waals surface area contributed by atoms with Gasteiger partial charge in [0.05, 0.1) is 0 Å². The molecule has 9 aromatic carbocycles. The Morgan fingerprint density at radius 1 is 0.315 bits per heavy atom. The molecule has 0 fully saturated rings. The third-order valence-electron chi connectivity index (χ3n) is 10.4. The zero-order valence-electron chi connectivity index (χ0n) is 28.4. The second-order valence-corrected chi connectivity index (χ2v) is 13.3. The van der Waals surface area contributed by atoms with Gasteiger partial charge in [0, 0.05) is 32.7 Å². The van der Waals surface area contributed by atoms with Crippen molar-refractivity contribution in [2.45, 2.75) is 0 Å². The molecule has 2 radical (unpaired) electrons. The number of aromatic hydroxyl groups is 7. The lowest BCUT2D eigenvalue weighted by molar-refractivity contribution is 0.351. The lowest BCUT2D eigenvalue weighted by atomic mass is 9.79. The first-order valence-corrected chi connectivity index (χ1v) is 17.1. The summed E-state index contributed by atoms with van der Waals surface area (Å²) in [6, 6.07) is 41.9. The lowest BCUT2D eigenvalue weighted by Gasteiger charge is -2.24. The second-order valence-electron chi connectivity index (χ2n) is 13.3.